The fourth-order valence-corrected chi connectivity index (χ4v) is 3.93. The SMILES string of the molecule is O=C(Nc1nnc(-c2cc(Cl)sc2Cl)o1)c1ccc2nsnc2c1. The van der Waals surface area contributed by atoms with Crippen molar-refractivity contribution in [2.45, 2.75) is 0 Å². The number of hydrogen-bond donors (Lipinski definition) is 1. The van der Waals surface area contributed by atoms with Crippen LogP contribution in [0.2, 0.25) is 8.67 Å². The van der Waals surface area contributed by atoms with Crippen LogP contribution in [0.5, 0.6) is 0 Å². The molecule has 11 heteroatoms. The van der Waals surface area contributed by atoms with Gasteiger partial charge in [-0.1, -0.05) is 28.3 Å². The number of nitrogens with zero attached hydrogens (tertiary/aromatic N) is 4. The first-order chi connectivity index (χ1) is 11.6. The number of carbonyl (C=O) groups is 1. The summed E-state index contributed by atoms with van der Waals surface area (Å²) in [6.07, 6.45) is 0. The summed E-state index contributed by atoms with van der Waals surface area (Å²) in [5.74, 6) is -0.216. The molecule has 0 atom stereocenters. The Labute approximate surface area is 152 Å². The van der Waals surface area contributed by atoms with Gasteiger partial charge in [-0.15, -0.1) is 16.4 Å². The Kier molecular flexibility index (Phi) is 3.93. The van der Waals surface area contributed by atoms with Crippen molar-refractivity contribution in [2.75, 3.05) is 5.32 Å². The Balaban J connectivity index is 1.57. The Morgan fingerprint density at radius 2 is 1.96 bits per heavy atom. The summed E-state index contributed by atoms with van der Waals surface area (Å²) in [5.41, 5.74) is 2.32. The van der Waals surface area contributed by atoms with Crippen LogP contribution in [0.4, 0.5) is 6.01 Å². The standard InChI is InChI=1S/C13H5Cl2N5O2S2/c14-9-4-6(10(15)23-9)12-17-18-13(22-12)16-11(21)5-1-2-7-8(3-5)20-24-19-7/h1-4H,(H,16,18,21). The van der Waals surface area contributed by atoms with E-state index >= 15 is 0 Å². The topological polar surface area (TPSA) is 93.8 Å². The second kappa shape index (κ2) is 6.10. The number of thiophene rings is 1. The monoisotopic (exact) mass is 397 g/mol. The van der Waals surface area contributed by atoms with E-state index in [-0.39, 0.29) is 11.9 Å². The molecule has 3 heterocycles. The van der Waals surface area contributed by atoms with Gasteiger partial charge in [-0.2, -0.15) is 8.75 Å². The Hall–Kier alpha value is -2.07. The van der Waals surface area contributed by atoms with E-state index in [1.165, 1.54) is 11.3 Å². The smallest absolute Gasteiger partial charge is 0.322 e. The second-order valence-electron chi connectivity index (χ2n) is 4.57. The maximum atomic E-state index is 12.3. The summed E-state index contributed by atoms with van der Waals surface area (Å²) < 4.78 is 14.5. The predicted octanol–water partition coefficient (Wildman–Crippen LogP) is 4.36. The van der Waals surface area contributed by atoms with Crippen molar-refractivity contribution in [2.24, 2.45) is 0 Å². The van der Waals surface area contributed by atoms with Crippen LogP contribution in [0.25, 0.3) is 22.5 Å². The largest absolute Gasteiger partial charge is 0.403 e. The minimum Gasteiger partial charge on any atom is -0.403 e. The molecule has 1 aromatic carbocycles. The van der Waals surface area contributed by atoms with Crippen molar-refractivity contribution in [1.29, 1.82) is 0 Å². The first-order valence-electron chi connectivity index (χ1n) is 6.42. The highest BCUT2D eigenvalue weighted by Crippen LogP contribution is 2.37. The summed E-state index contributed by atoms with van der Waals surface area (Å²) in [4.78, 5) is 12.3. The van der Waals surface area contributed by atoms with E-state index in [1.807, 2.05) is 0 Å². The molecule has 0 radical (unpaired) electrons. The van der Waals surface area contributed by atoms with Crippen molar-refractivity contribution in [3.05, 3.63) is 38.5 Å². The Bertz CT molecular complexity index is 1060. The van der Waals surface area contributed by atoms with Crippen LogP contribution in [-0.2, 0) is 0 Å². The molecule has 0 fully saturated rings. The highest BCUT2D eigenvalue weighted by molar-refractivity contribution is 7.20. The van der Waals surface area contributed by atoms with Crippen LogP contribution in [0.15, 0.2) is 28.7 Å². The number of nitrogens with one attached hydrogen (secondary N) is 1. The molecule has 0 spiro atoms. The third-order valence-electron chi connectivity index (χ3n) is 3.05. The van der Waals surface area contributed by atoms with Gasteiger partial charge in [0.1, 0.15) is 15.4 Å². The van der Waals surface area contributed by atoms with Crippen LogP contribution >= 0.6 is 46.3 Å². The third kappa shape index (κ3) is 2.86. The number of anilines is 1. The molecule has 1 amide bonds. The predicted molar refractivity (Wildman–Crippen MR) is 93.0 cm³/mol. The zero-order chi connectivity index (χ0) is 16.7. The summed E-state index contributed by atoms with van der Waals surface area (Å²) in [7, 11) is 0. The van der Waals surface area contributed by atoms with Gasteiger partial charge in [0.2, 0.25) is 0 Å². The van der Waals surface area contributed by atoms with Crippen molar-refractivity contribution in [3.8, 4) is 11.5 Å². The zero-order valence-corrected chi connectivity index (χ0v) is 14.6. The van der Waals surface area contributed by atoms with Crippen molar-refractivity contribution < 1.29 is 9.21 Å². The minimum absolute atomic E-state index is 0.0371. The van der Waals surface area contributed by atoms with E-state index in [4.69, 9.17) is 27.6 Å². The molecule has 3 aromatic heterocycles. The molecular formula is C13H5Cl2N5O2S2. The molecule has 0 unspecified atom stereocenters. The van der Waals surface area contributed by atoms with E-state index in [0.717, 1.165) is 17.2 Å². The average molecular weight is 398 g/mol. The van der Waals surface area contributed by atoms with E-state index in [2.05, 4.69) is 24.3 Å². The molecule has 0 aliphatic heterocycles. The highest BCUT2D eigenvalue weighted by Gasteiger charge is 2.17. The number of rotatable bonds is 3. The minimum atomic E-state index is -0.394. The van der Waals surface area contributed by atoms with Gasteiger partial charge in [0.25, 0.3) is 11.8 Å². The number of amides is 1. The number of benzene rings is 1. The molecule has 4 rings (SSSR count). The fraction of sp³-hybridized carbons (Fsp3) is 0. The number of hydrogen-bond acceptors (Lipinski definition) is 8. The summed E-state index contributed by atoms with van der Waals surface area (Å²) in [6.45, 7) is 0. The molecular weight excluding hydrogens is 393 g/mol. The molecule has 1 N–H and O–H groups in total. The Morgan fingerprint density at radius 1 is 1.12 bits per heavy atom. The highest BCUT2D eigenvalue weighted by atomic mass is 35.5. The van der Waals surface area contributed by atoms with Gasteiger partial charge in [-0.25, -0.2) is 0 Å². The first kappa shape index (κ1) is 15.5. The van der Waals surface area contributed by atoms with E-state index in [9.17, 15) is 4.79 Å². The van der Waals surface area contributed by atoms with Gasteiger partial charge in [0.15, 0.2) is 0 Å². The summed E-state index contributed by atoms with van der Waals surface area (Å²) in [5, 5.41) is 10.2. The molecule has 4 aromatic rings. The normalized spacial score (nSPS) is 11.1. The van der Waals surface area contributed by atoms with Crippen LogP contribution < -0.4 is 5.32 Å². The van der Waals surface area contributed by atoms with Crippen molar-refractivity contribution in [1.82, 2.24) is 18.9 Å². The van der Waals surface area contributed by atoms with Crippen LogP contribution in [0, 0.1) is 0 Å². The molecule has 0 bridgehead atoms. The lowest BCUT2D eigenvalue weighted by molar-refractivity contribution is 0.102. The molecule has 24 heavy (non-hydrogen) atoms. The fourth-order valence-electron chi connectivity index (χ4n) is 1.96. The maximum absolute atomic E-state index is 12.3. The van der Waals surface area contributed by atoms with E-state index < -0.39 is 5.91 Å². The lowest BCUT2D eigenvalue weighted by Gasteiger charge is -1.99. The molecule has 7 nitrogen and oxygen atoms in total. The molecule has 0 saturated heterocycles. The lowest BCUT2D eigenvalue weighted by Crippen LogP contribution is -2.12. The number of carbonyl (C=O) groups excluding carboxylic acids is 1. The van der Waals surface area contributed by atoms with Crippen molar-refractivity contribution >= 4 is 69.2 Å². The van der Waals surface area contributed by atoms with E-state index in [1.54, 1.807) is 24.3 Å². The number of aromatic nitrogens is 4. The van der Waals surface area contributed by atoms with Crippen LogP contribution in [-0.4, -0.2) is 24.9 Å². The first-order valence-corrected chi connectivity index (χ1v) is 8.73. The number of fused-ring (bicyclic) bond motifs is 1. The third-order valence-corrected chi connectivity index (χ3v) is 5.09. The van der Waals surface area contributed by atoms with Crippen LogP contribution in [0.1, 0.15) is 10.4 Å². The Morgan fingerprint density at radius 3 is 2.75 bits per heavy atom. The summed E-state index contributed by atoms with van der Waals surface area (Å²) >= 11 is 14.2. The average Bonchev–Trinajstić information content (AvgIpc) is 3.26. The molecule has 0 aliphatic carbocycles. The second-order valence-corrected chi connectivity index (χ2v) is 7.39. The number of halogens is 2. The van der Waals surface area contributed by atoms with Gasteiger partial charge >= 0.3 is 6.01 Å². The van der Waals surface area contributed by atoms with Gasteiger partial charge < -0.3 is 4.42 Å². The van der Waals surface area contributed by atoms with Crippen LogP contribution in [0.3, 0.4) is 0 Å². The van der Waals surface area contributed by atoms with E-state index in [0.29, 0.717) is 25.3 Å². The zero-order valence-electron chi connectivity index (χ0n) is 11.5. The lowest BCUT2D eigenvalue weighted by atomic mass is 10.2. The molecule has 0 saturated carbocycles. The van der Waals surface area contributed by atoms with Gasteiger partial charge in [0, 0.05) is 5.56 Å². The quantitative estimate of drug-likeness (QED) is 0.551. The molecule has 120 valence electrons. The maximum Gasteiger partial charge on any atom is 0.322 e. The van der Waals surface area contributed by atoms with Gasteiger partial charge in [0.05, 0.1) is 21.6 Å². The van der Waals surface area contributed by atoms with Gasteiger partial charge in [-0.3, -0.25) is 10.1 Å². The van der Waals surface area contributed by atoms with Crippen molar-refractivity contribution in [3.63, 3.8) is 0 Å². The molecule has 0 aliphatic rings. The van der Waals surface area contributed by atoms with Gasteiger partial charge in [-0.05, 0) is 24.3 Å². The summed E-state index contributed by atoms with van der Waals surface area (Å²) in [6, 6.07) is 6.59.